The molecular formula is C21H26ClN3O2. The van der Waals surface area contributed by atoms with E-state index in [2.05, 4.69) is 28.2 Å². The Balaban J connectivity index is 1.61. The minimum atomic E-state index is -0.221. The summed E-state index contributed by atoms with van der Waals surface area (Å²) < 4.78 is 6.39. The third-order valence-electron chi connectivity index (χ3n) is 6.29. The van der Waals surface area contributed by atoms with E-state index in [1.807, 2.05) is 6.07 Å². The number of aliphatic hydroxyl groups is 1. The van der Waals surface area contributed by atoms with E-state index in [1.54, 1.807) is 0 Å². The molecule has 1 saturated carbocycles. The van der Waals surface area contributed by atoms with E-state index in [0.717, 1.165) is 66.2 Å². The van der Waals surface area contributed by atoms with Crippen molar-refractivity contribution < 1.29 is 9.52 Å². The van der Waals surface area contributed by atoms with E-state index in [-0.39, 0.29) is 11.6 Å². The van der Waals surface area contributed by atoms with Crippen molar-refractivity contribution >= 4 is 28.3 Å². The number of nitrogens with one attached hydrogen (secondary N) is 2. The minimum absolute atomic E-state index is 0.155. The molecule has 3 heterocycles. The van der Waals surface area contributed by atoms with Crippen LogP contribution in [0.3, 0.4) is 0 Å². The van der Waals surface area contributed by atoms with Crippen LogP contribution < -0.4 is 10.6 Å². The average molecular weight is 388 g/mol. The van der Waals surface area contributed by atoms with E-state index >= 15 is 0 Å². The van der Waals surface area contributed by atoms with Crippen molar-refractivity contribution in [2.24, 2.45) is 0 Å². The van der Waals surface area contributed by atoms with E-state index in [1.165, 1.54) is 19.3 Å². The van der Waals surface area contributed by atoms with Crippen LogP contribution in [0.2, 0.25) is 5.02 Å². The molecule has 144 valence electrons. The van der Waals surface area contributed by atoms with Gasteiger partial charge in [0, 0.05) is 24.0 Å². The van der Waals surface area contributed by atoms with Gasteiger partial charge in [-0.3, -0.25) is 4.90 Å². The van der Waals surface area contributed by atoms with Crippen molar-refractivity contribution in [3.8, 4) is 0 Å². The molecule has 6 heteroatoms. The molecule has 5 rings (SSSR count). The maximum Gasteiger partial charge on any atom is 0.142 e. The van der Waals surface area contributed by atoms with Gasteiger partial charge >= 0.3 is 0 Å². The fourth-order valence-electron chi connectivity index (χ4n) is 5.10. The molecule has 3 aliphatic rings. The second-order valence-electron chi connectivity index (χ2n) is 8.29. The van der Waals surface area contributed by atoms with Gasteiger partial charge in [-0.2, -0.15) is 0 Å². The maximum atomic E-state index is 9.79. The lowest BCUT2D eigenvalue weighted by Gasteiger charge is -2.44. The maximum absolute atomic E-state index is 9.79. The second kappa shape index (κ2) is 6.43. The summed E-state index contributed by atoms with van der Waals surface area (Å²) in [6.45, 7) is 6.46. The van der Waals surface area contributed by atoms with Crippen LogP contribution in [0, 0.1) is 0 Å². The van der Waals surface area contributed by atoms with Crippen LogP contribution in [0.4, 0.5) is 5.69 Å². The number of nitrogens with zero attached hydrogens (tertiary/aromatic N) is 1. The van der Waals surface area contributed by atoms with Gasteiger partial charge < -0.3 is 20.2 Å². The van der Waals surface area contributed by atoms with Crippen molar-refractivity contribution in [1.29, 1.82) is 0 Å². The van der Waals surface area contributed by atoms with Gasteiger partial charge in [-0.05, 0) is 31.4 Å². The molecule has 1 aromatic carbocycles. The number of anilines is 1. The van der Waals surface area contributed by atoms with Gasteiger partial charge in [-0.1, -0.05) is 37.4 Å². The number of hydrogen-bond acceptors (Lipinski definition) is 5. The molecule has 0 radical (unpaired) electrons. The number of benzene rings is 1. The lowest BCUT2D eigenvalue weighted by atomic mass is 9.74. The third kappa shape index (κ3) is 2.93. The number of fused-ring (bicyclic) bond motifs is 4. The van der Waals surface area contributed by atoms with Crippen LogP contribution in [0.25, 0.3) is 11.0 Å². The van der Waals surface area contributed by atoms with Gasteiger partial charge in [0.2, 0.25) is 0 Å². The Labute approximate surface area is 164 Å². The van der Waals surface area contributed by atoms with Crippen molar-refractivity contribution in [2.45, 2.75) is 56.7 Å². The molecular weight excluding hydrogens is 362 g/mol. The van der Waals surface area contributed by atoms with E-state index in [4.69, 9.17) is 16.0 Å². The molecule has 2 fully saturated rings. The van der Waals surface area contributed by atoms with Crippen molar-refractivity contribution in [2.75, 3.05) is 18.4 Å². The molecule has 5 nitrogen and oxygen atoms in total. The standard InChI is InChI=1S/C21H26ClN3O2/c1-13-23-19-17(22)10-14-9-16(12-25-8-5-15(26)11-25)27-20(14)18(19)21(24-13)6-3-2-4-7-21/h9-10,15,23-24,26H,1-8,11-12H2. The highest BCUT2D eigenvalue weighted by Gasteiger charge is 2.42. The predicted molar refractivity (Wildman–Crippen MR) is 108 cm³/mol. The van der Waals surface area contributed by atoms with E-state index < -0.39 is 0 Å². The SMILES string of the molecule is C=C1Nc2c(Cl)cc3cc(CN4CCC(O)C4)oc3c2C2(CCCCC2)N1. The highest BCUT2D eigenvalue weighted by atomic mass is 35.5. The topological polar surface area (TPSA) is 60.7 Å². The van der Waals surface area contributed by atoms with Gasteiger partial charge in [0.25, 0.3) is 0 Å². The Morgan fingerprint density at radius 1 is 1.30 bits per heavy atom. The molecule has 27 heavy (non-hydrogen) atoms. The summed E-state index contributed by atoms with van der Waals surface area (Å²) in [5, 5.41) is 18.5. The van der Waals surface area contributed by atoms with Crippen LogP contribution in [0.1, 0.15) is 49.8 Å². The van der Waals surface area contributed by atoms with E-state index in [0.29, 0.717) is 11.6 Å². The van der Waals surface area contributed by atoms with Gasteiger partial charge in [0.1, 0.15) is 11.3 Å². The predicted octanol–water partition coefficient (Wildman–Crippen LogP) is 4.30. The molecule has 3 N–H and O–H groups in total. The summed E-state index contributed by atoms with van der Waals surface area (Å²) in [4.78, 5) is 2.24. The summed E-state index contributed by atoms with van der Waals surface area (Å²) in [5.74, 6) is 1.74. The van der Waals surface area contributed by atoms with Crippen LogP contribution in [0.15, 0.2) is 28.9 Å². The Morgan fingerprint density at radius 3 is 2.85 bits per heavy atom. The van der Waals surface area contributed by atoms with Crippen LogP contribution in [-0.4, -0.2) is 29.2 Å². The zero-order valence-corrected chi connectivity index (χ0v) is 16.2. The van der Waals surface area contributed by atoms with Gasteiger partial charge in [-0.15, -0.1) is 0 Å². The Kier molecular flexibility index (Phi) is 4.15. The number of likely N-dealkylation sites (tertiary alicyclic amines) is 1. The number of rotatable bonds is 2. The molecule has 1 unspecified atom stereocenters. The molecule has 1 spiro atoms. The zero-order valence-electron chi connectivity index (χ0n) is 15.5. The number of hydrogen-bond donors (Lipinski definition) is 3. The largest absolute Gasteiger partial charge is 0.459 e. The number of furan rings is 1. The highest BCUT2D eigenvalue weighted by Crippen LogP contribution is 2.49. The lowest BCUT2D eigenvalue weighted by Crippen LogP contribution is -2.48. The first-order chi connectivity index (χ1) is 13.0. The quantitative estimate of drug-likeness (QED) is 0.717. The molecule has 1 aliphatic carbocycles. The summed E-state index contributed by atoms with van der Waals surface area (Å²) in [6.07, 6.45) is 6.37. The Hall–Kier alpha value is -1.69. The third-order valence-corrected chi connectivity index (χ3v) is 6.59. The molecule has 1 saturated heterocycles. The number of aliphatic hydroxyl groups excluding tert-OH is 1. The second-order valence-corrected chi connectivity index (χ2v) is 8.70. The molecule has 2 aromatic rings. The van der Waals surface area contributed by atoms with Crippen molar-refractivity contribution in [3.05, 3.63) is 40.9 Å². The van der Waals surface area contributed by atoms with Crippen LogP contribution in [0.5, 0.6) is 0 Å². The first-order valence-electron chi connectivity index (χ1n) is 9.94. The average Bonchev–Trinajstić information content (AvgIpc) is 3.21. The number of β-amino-alcohol motifs (C(OH)–C–C–N with tert-alkyl or cyclic N) is 1. The molecule has 1 atom stereocenters. The van der Waals surface area contributed by atoms with Gasteiger partial charge in [0.05, 0.1) is 34.7 Å². The molecule has 2 aliphatic heterocycles. The van der Waals surface area contributed by atoms with Crippen molar-refractivity contribution in [1.82, 2.24) is 10.2 Å². The summed E-state index contributed by atoms with van der Waals surface area (Å²) in [5.41, 5.74) is 2.87. The molecule has 0 amide bonds. The fraction of sp³-hybridized carbons (Fsp3) is 0.524. The normalized spacial score (nSPS) is 24.8. The minimum Gasteiger partial charge on any atom is -0.459 e. The first kappa shape index (κ1) is 17.4. The summed E-state index contributed by atoms with van der Waals surface area (Å²) >= 11 is 6.67. The zero-order chi connectivity index (χ0) is 18.6. The van der Waals surface area contributed by atoms with E-state index in [9.17, 15) is 5.11 Å². The number of halogens is 1. The summed E-state index contributed by atoms with van der Waals surface area (Å²) in [7, 11) is 0. The smallest absolute Gasteiger partial charge is 0.142 e. The lowest BCUT2D eigenvalue weighted by molar-refractivity contribution is 0.172. The summed E-state index contributed by atoms with van der Waals surface area (Å²) in [6, 6.07) is 4.09. The molecule has 1 aromatic heterocycles. The van der Waals surface area contributed by atoms with Crippen LogP contribution in [-0.2, 0) is 12.1 Å². The fourth-order valence-corrected chi connectivity index (χ4v) is 5.36. The van der Waals surface area contributed by atoms with Crippen molar-refractivity contribution in [3.63, 3.8) is 0 Å². The first-order valence-corrected chi connectivity index (χ1v) is 10.3. The van der Waals surface area contributed by atoms with Crippen LogP contribution >= 0.6 is 11.6 Å². The highest BCUT2D eigenvalue weighted by molar-refractivity contribution is 6.34. The molecule has 0 bridgehead atoms. The Morgan fingerprint density at radius 2 is 2.11 bits per heavy atom. The van der Waals surface area contributed by atoms with Gasteiger partial charge in [0.15, 0.2) is 0 Å². The van der Waals surface area contributed by atoms with Gasteiger partial charge in [-0.25, -0.2) is 0 Å². The monoisotopic (exact) mass is 387 g/mol. The Bertz CT molecular complexity index is 900.